The van der Waals surface area contributed by atoms with Crippen LogP contribution in [0.25, 0.3) is 6.08 Å². The Morgan fingerprint density at radius 1 is 0.865 bits per heavy atom. The van der Waals surface area contributed by atoms with E-state index < -0.39 is 47.5 Å². The molecule has 2 amide bonds. The van der Waals surface area contributed by atoms with Crippen LogP contribution in [-0.2, 0) is 15.8 Å². The van der Waals surface area contributed by atoms with Crippen molar-refractivity contribution in [2.75, 3.05) is 4.90 Å². The van der Waals surface area contributed by atoms with Crippen molar-refractivity contribution in [1.29, 1.82) is 0 Å². The van der Waals surface area contributed by atoms with Crippen molar-refractivity contribution in [3.8, 4) is 0 Å². The van der Waals surface area contributed by atoms with E-state index in [2.05, 4.69) is 15.9 Å². The normalized spacial score (nSPS) is 24.2. The van der Waals surface area contributed by atoms with E-state index in [-0.39, 0.29) is 11.5 Å². The molecule has 0 spiro atoms. The fourth-order valence-corrected chi connectivity index (χ4v) is 5.98. The Kier molecular flexibility index (Phi) is 5.38. The molecule has 3 aliphatic rings. The van der Waals surface area contributed by atoms with Gasteiger partial charge in [-0.05, 0) is 47.5 Å². The number of halogens is 4. The van der Waals surface area contributed by atoms with Crippen molar-refractivity contribution in [2.45, 2.75) is 18.3 Å². The second kappa shape index (κ2) is 8.41. The average Bonchev–Trinajstić information content (AvgIpc) is 3.36. The Labute approximate surface area is 218 Å². The van der Waals surface area contributed by atoms with Crippen LogP contribution in [-0.4, -0.2) is 28.5 Å². The first-order valence-corrected chi connectivity index (χ1v) is 12.4. The first kappa shape index (κ1) is 23.7. The summed E-state index contributed by atoms with van der Waals surface area (Å²) in [7, 11) is 0. The van der Waals surface area contributed by atoms with Gasteiger partial charge in [-0.2, -0.15) is 13.2 Å². The van der Waals surface area contributed by atoms with Crippen LogP contribution in [0.15, 0.2) is 83.5 Å². The lowest BCUT2D eigenvalue weighted by molar-refractivity contribution is -0.137. The van der Waals surface area contributed by atoms with Crippen molar-refractivity contribution >= 4 is 45.3 Å². The molecule has 3 aromatic carbocycles. The Balaban J connectivity index is 1.48. The van der Waals surface area contributed by atoms with Gasteiger partial charge in [-0.15, -0.1) is 0 Å². The minimum Gasteiger partial charge on any atom is -0.358 e. The Morgan fingerprint density at radius 2 is 1.57 bits per heavy atom. The van der Waals surface area contributed by atoms with E-state index in [1.165, 1.54) is 12.1 Å². The minimum absolute atomic E-state index is 0.153. The van der Waals surface area contributed by atoms with E-state index >= 15 is 0 Å². The third kappa shape index (κ3) is 3.63. The van der Waals surface area contributed by atoms with Crippen LogP contribution >= 0.6 is 15.9 Å². The van der Waals surface area contributed by atoms with E-state index in [0.29, 0.717) is 5.56 Å². The molecule has 3 aromatic rings. The molecule has 0 radical (unpaired) electrons. The van der Waals surface area contributed by atoms with Gasteiger partial charge in [0.05, 0.1) is 29.1 Å². The third-order valence-corrected chi connectivity index (χ3v) is 7.82. The number of ketones is 1. The van der Waals surface area contributed by atoms with Gasteiger partial charge in [0.15, 0.2) is 5.78 Å². The van der Waals surface area contributed by atoms with Crippen LogP contribution in [0, 0.1) is 11.8 Å². The molecule has 3 aliphatic heterocycles. The summed E-state index contributed by atoms with van der Waals surface area (Å²) in [5, 5.41) is 0. The van der Waals surface area contributed by atoms with Gasteiger partial charge in [-0.25, -0.2) is 4.90 Å². The maximum absolute atomic E-state index is 13.8. The molecule has 186 valence electrons. The zero-order valence-electron chi connectivity index (χ0n) is 19.0. The molecule has 2 saturated heterocycles. The third-order valence-electron chi connectivity index (χ3n) is 7.29. The maximum atomic E-state index is 13.8. The van der Waals surface area contributed by atoms with Crippen LogP contribution in [0.4, 0.5) is 18.9 Å². The Hall–Kier alpha value is -3.72. The van der Waals surface area contributed by atoms with Gasteiger partial charge in [0, 0.05) is 16.2 Å². The number of carbonyl (C=O) groups excluding carboxylic acids is 3. The molecule has 0 aliphatic carbocycles. The van der Waals surface area contributed by atoms with Gasteiger partial charge < -0.3 is 4.90 Å². The summed E-state index contributed by atoms with van der Waals surface area (Å²) in [4.78, 5) is 44.1. The maximum Gasteiger partial charge on any atom is 0.416 e. The SMILES string of the molecule is O=C(c1ccc(Br)cc1)C1C2C(=O)N(c3cccc(C(F)(F)F)c3)C(=O)C2C2c3ccccc3C=CN12. The van der Waals surface area contributed by atoms with Crippen molar-refractivity contribution in [3.63, 3.8) is 0 Å². The highest BCUT2D eigenvalue weighted by atomic mass is 79.9. The van der Waals surface area contributed by atoms with Crippen molar-refractivity contribution in [2.24, 2.45) is 11.8 Å². The molecular formula is C28H18BrF3N2O3. The zero-order valence-corrected chi connectivity index (χ0v) is 20.6. The molecule has 0 saturated carbocycles. The van der Waals surface area contributed by atoms with Gasteiger partial charge in [0.1, 0.15) is 6.04 Å². The Morgan fingerprint density at radius 3 is 2.30 bits per heavy atom. The summed E-state index contributed by atoms with van der Waals surface area (Å²) >= 11 is 3.35. The van der Waals surface area contributed by atoms with Crippen molar-refractivity contribution in [1.82, 2.24) is 4.90 Å². The van der Waals surface area contributed by atoms with E-state index in [1.807, 2.05) is 30.3 Å². The number of nitrogens with zero attached hydrogens (tertiary/aromatic N) is 2. The van der Waals surface area contributed by atoms with E-state index in [9.17, 15) is 27.6 Å². The first-order chi connectivity index (χ1) is 17.7. The number of Topliss-reactive ketones (excluding diaryl/α,β-unsaturated/α-hetero) is 1. The van der Waals surface area contributed by atoms with Crippen LogP contribution in [0.1, 0.15) is 33.1 Å². The lowest BCUT2D eigenvalue weighted by Crippen LogP contribution is -2.44. The summed E-state index contributed by atoms with van der Waals surface area (Å²) in [5.41, 5.74) is 0.908. The number of fused-ring (bicyclic) bond motifs is 5. The standard InChI is InChI=1S/C28H18BrF3N2O3/c29-18-10-8-16(9-11-18)25(35)24-22-21(23-20-7-2-1-4-15(20)12-13-33(23)24)26(36)34(27(22)37)19-6-3-5-17(14-19)28(30,31)32/h1-14,21-24H. The number of imide groups is 1. The molecule has 4 unspecified atom stereocenters. The number of amides is 2. The number of hydrogen-bond acceptors (Lipinski definition) is 4. The summed E-state index contributed by atoms with van der Waals surface area (Å²) < 4.78 is 41.0. The van der Waals surface area contributed by atoms with Gasteiger partial charge in [-0.3, -0.25) is 14.4 Å². The average molecular weight is 567 g/mol. The van der Waals surface area contributed by atoms with Crippen LogP contribution in [0.5, 0.6) is 0 Å². The summed E-state index contributed by atoms with van der Waals surface area (Å²) in [6.07, 6.45) is -1.06. The molecule has 3 heterocycles. The lowest BCUT2D eigenvalue weighted by atomic mass is 9.83. The quantitative estimate of drug-likeness (QED) is 0.294. The lowest BCUT2D eigenvalue weighted by Gasteiger charge is -2.35. The molecule has 37 heavy (non-hydrogen) atoms. The predicted octanol–water partition coefficient (Wildman–Crippen LogP) is 5.87. The predicted molar refractivity (Wildman–Crippen MR) is 133 cm³/mol. The highest BCUT2D eigenvalue weighted by Gasteiger charge is 2.64. The smallest absolute Gasteiger partial charge is 0.358 e. The molecule has 2 fully saturated rings. The Bertz CT molecular complexity index is 1480. The molecule has 0 bridgehead atoms. The van der Waals surface area contributed by atoms with Crippen LogP contribution < -0.4 is 4.90 Å². The van der Waals surface area contributed by atoms with Gasteiger partial charge in [0.25, 0.3) is 0 Å². The van der Waals surface area contributed by atoms with E-state index in [0.717, 1.165) is 32.6 Å². The van der Waals surface area contributed by atoms with Crippen molar-refractivity contribution in [3.05, 3.63) is 106 Å². The molecule has 4 atom stereocenters. The largest absolute Gasteiger partial charge is 0.416 e. The highest BCUT2D eigenvalue weighted by Crippen LogP contribution is 2.53. The second-order valence-electron chi connectivity index (χ2n) is 9.26. The summed E-state index contributed by atoms with van der Waals surface area (Å²) in [5.74, 6) is -3.61. The van der Waals surface area contributed by atoms with Crippen LogP contribution in [0.2, 0.25) is 0 Å². The molecule has 6 rings (SSSR count). The fourth-order valence-electron chi connectivity index (χ4n) is 5.72. The fraction of sp³-hybridized carbons (Fsp3) is 0.179. The number of carbonyl (C=O) groups is 3. The highest BCUT2D eigenvalue weighted by molar-refractivity contribution is 9.10. The number of hydrogen-bond donors (Lipinski definition) is 0. The second-order valence-corrected chi connectivity index (χ2v) is 10.2. The van der Waals surface area contributed by atoms with Crippen LogP contribution in [0.3, 0.4) is 0 Å². The summed E-state index contributed by atoms with van der Waals surface area (Å²) in [6.45, 7) is 0. The number of rotatable bonds is 3. The number of benzene rings is 3. The first-order valence-electron chi connectivity index (χ1n) is 11.6. The number of alkyl halides is 3. The molecule has 9 heteroatoms. The van der Waals surface area contributed by atoms with E-state index in [1.54, 1.807) is 35.4 Å². The number of anilines is 1. The molecule has 5 nitrogen and oxygen atoms in total. The van der Waals surface area contributed by atoms with Gasteiger partial charge in [-0.1, -0.05) is 58.4 Å². The zero-order chi connectivity index (χ0) is 26.1. The molecular weight excluding hydrogens is 549 g/mol. The monoisotopic (exact) mass is 566 g/mol. The van der Waals surface area contributed by atoms with Gasteiger partial charge in [0.2, 0.25) is 11.8 Å². The van der Waals surface area contributed by atoms with Crippen molar-refractivity contribution < 1.29 is 27.6 Å². The topological polar surface area (TPSA) is 57.7 Å². The molecule has 0 aromatic heterocycles. The van der Waals surface area contributed by atoms with E-state index in [4.69, 9.17) is 0 Å². The molecule has 0 N–H and O–H groups in total. The minimum atomic E-state index is -4.64. The summed E-state index contributed by atoms with van der Waals surface area (Å²) in [6, 6.07) is 16.7. The van der Waals surface area contributed by atoms with Gasteiger partial charge >= 0.3 is 6.18 Å².